The van der Waals surface area contributed by atoms with E-state index in [1.807, 2.05) is 12.1 Å². The lowest BCUT2D eigenvalue weighted by molar-refractivity contribution is 0.111. The van der Waals surface area contributed by atoms with Gasteiger partial charge in [0.15, 0.2) is 17.8 Å². The molecule has 100 valence electrons. The number of fused-ring (bicyclic) bond motifs is 1. The van der Waals surface area contributed by atoms with E-state index in [-0.39, 0.29) is 0 Å². The molecule has 1 aliphatic rings. The molecule has 0 unspecified atom stereocenters. The quantitative estimate of drug-likeness (QED) is 0.781. The first-order valence-corrected chi connectivity index (χ1v) is 6.74. The Morgan fingerprint density at radius 2 is 2.16 bits per heavy atom. The first-order chi connectivity index (χ1) is 9.26. The number of likely N-dealkylation sites (tertiary alicyclic amines) is 1. The number of carbonyl (C=O) groups excluding carboxylic acids is 1. The highest BCUT2D eigenvalue weighted by Gasteiger charge is 2.19. The minimum absolute atomic E-state index is 0.555. The van der Waals surface area contributed by atoms with Crippen LogP contribution >= 0.6 is 0 Å². The van der Waals surface area contributed by atoms with E-state index in [1.54, 1.807) is 10.6 Å². The first kappa shape index (κ1) is 12.3. The van der Waals surface area contributed by atoms with Gasteiger partial charge in [-0.1, -0.05) is 6.07 Å². The van der Waals surface area contributed by atoms with Gasteiger partial charge in [0.2, 0.25) is 0 Å². The molecule has 1 saturated heterocycles. The van der Waals surface area contributed by atoms with E-state index in [4.69, 9.17) is 0 Å². The number of pyridine rings is 1. The Morgan fingerprint density at radius 1 is 1.37 bits per heavy atom. The van der Waals surface area contributed by atoms with Crippen molar-refractivity contribution in [2.45, 2.75) is 19.3 Å². The lowest BCUT2D eigenvalue weighted by atomic mass is 9.94. The highest BCUT2D eigenvalue weighted by atomic mass is 16.1. The molecule has 0 aliphatic carbocycles. The Kier molecular flexibility index (Phi) is 3.29. The summed E-state index contributed by atoms with van der Waals surface area (Å²) in [6.07, 6.45) is 4.13. The Bertz CT molecular complexity index is 584. The van der Waals surface area contributed by atoms with Crippen LogP contribution in [0.2, 0.25) is 0 Å². The molecule has 0 amide bonds. The van der Waals surface area contributed by atoms with Gasteiger partial charge in [-0.3, -0.25) is 4.79 Å². The van der Waals surface area contributed by atoms with E-state index in [9.17, 15) is 4.79 Å². The average Bonchev–Trinajstić information content (AvgIpc) is 2.83. The van der Waals surface area contributed by atoms with Crippen molar-refractivity contribution < 1.29 is 4.79 Å². The minimum Gasteiger partial charge on any atom is -0.306 e. The van der Waals surface area contributed by atoms with Crippen molar-refractivity contribution in [1.29, 1.82) is 0 Å². The van der Waals surface area contributed by atoms with Gasteiger partial charge in [-0.25, -0.2) is 9.50 Å². The smallest absolute Gasteiger partial charge is 0.168 e. The van der Waals surface area contributed by atoms with Gasteiger partial charge in [0.1, 0.15) is 5.69 Å². The molecule has 0 saturated carbocycles. The zero-order valence-electron chi connectivity index (χ0n) is 11.1. The monoisotopic (exact) mass is 258 g/mol. The summed E-state index contributed by atoms with van der Waals surface area (Å²) in [5.41, 5.74) is 1.31. The van der Waals surface area contributed by atoms with E-state index < -0.39 is 0 Å². The zero-order valence-corrected chi connectivity index (χ0v) is 11.1. The summed E-state index contributed by atoms with van der Waals surface area (Å²) in [5, 5.41) is 4.46. The molecule has 2 aromatic heterocycles. The maximum Gasteiger partial charge on any atom is 0.168 e. The number of nitrogens with zero attached hydrogens (tertiary/aromatic N) is 4. The van der Waals surface area contributed by atoms with Crippen LogP contribution in [0.15, 0.2) is 18.2 Å². The van der Waals surface area contributed by atoms with Crippen LogP contribution < -0.4 is 0 Å². The summed E-state index contributed by atoms with van der Waals surface area (Å²) >= 11 is 0. The van der Waals surface area contributed by atoms with Crippen molar-refractivity contribution in [1.82, 2.24) is 19.5 Å². The molecule has 5 nitrogen and oxygen atoms in total. The highest BCUT2D eigenvalue weighted by molar-refractivity contribution is 5.73. The van der Waals surface area contributed by atoms with Crippen LogP contribution in [-0.2, 0) is 6.42 Å². The second kappa shape index (κ2) is 5.09. The molecule has 0 bridgehead atoms. The third kappa shape index (κ3) is 2.51. The van der Waals surface area contributed by atoms with Crippen LogP contribution in [0, 0.1) is 5.92 Å². The maximum atomic E-state index is 11.0. The van der Waals surface area contributed by atoms with Gasteiger partial charge in [-0.2, -0.15) is 5.10 Å². The Labute approximate surface area is 112 Å². The number of piperidine rings is 1. The molecule has 3 rings (SSSR count). The maximum absolute atomic E-state index is 11.0. The highest BCUT2D eigenvalue weighted by Crippen LogP contribution is 2.19. The summed E-state index contributed by atoms with van der Waals surface area (Å²) in [5.74, 6) is 1.51. The molecule has 5 heteroatoms. The van der Waals surface area contributed by atoms with E-state index >= 15 is 0 Å². The van der Waals surface area contributed by atoms with Gasteiger partial charge in [0, 0.05) is 6.42 Å². The number of aromatic nitrogens is 3. The zero-order chi connectivity index (χ0) is 13.2. The largest absolute Gasteiger partial charge is 0.306 e. The van der Waals surface area contributed by atoms with E-state index in [1.165, 1.54) is 12.8 Å². The number of aldehydes is 1. The minimum atomic E-state index is 0.555. The molecular formula is C14H18N4O. The number of rotatable bonds is 3. The molecule has 2 aromatic rings. The van der Waals surface area contributed by atoms with Crippen LogP contribution in [0.4, 0.5) is 0 Å². The third-order valence-electron chi connectivity index (χ3n) is 3.86. The first-order valence-electron chi connectivity index (χ1n) is 6.74. The van der Waals surface area contributed by atoms with Crippen molar-refractivity contribution in [3.8, 4) is 0 Å². The van der Waals surface area contributed by atoms with Gasteiger partial charge in [0.05, 0.1) is 0 Å². The predicted octanol–water partition coefficient (Wildman–Crippen LogP) is 1.43. The summed E-state index contributed by atoms with van der Waals surface area (Å²) in [6.45, 7) is 2.30. The van der Waals surface area contributed by atoms with Crippen LogP contribution in [0.5, 0.6) is 0 Å². The molecule has 0 spiro atoms. The number of hydrogen-bond donors (Lipinski definition) is 0. The number of hydrogen-bond acceptors (Lipinski definition) is 4. The fourth-order valence-electron chi connectivity index (χ4n) is 2.67. The standard InChI is InChI=1S/C14H18N4O/c1-17-7-5-11(6-8-17)9-13-15-14-4-2-3-12(10-19)18(14)16-13/h2-4,10-11H,5-9H2,1H3. The molecule has 19 heavy (non-hydrogen) atoms. The molecule has 0 N–H and O–H groups in total. The van der Waals surface area contributed by atoms with Crippen molar-refractivity contribution in [2.24, 2.45) is 5.92 Å². The van der Waals surface area contributed by atoms with E-state index in [2.05, 4.69) is 22.0 Å². The SMILES string of the molecule is CN1CCC(Cc2nc3cccc(C=O)n3n2)CC1. The van der Waals surface area contributed by atoms with Crippen molar-refractivity contribution in [2.75, 3.05) is 20.1 Å². The molecule has 0 atom stereocenters. The predicted molar refractivity (Wildman–Crippen MR) is 72.3 cm³/mol. The third-order valence-corrected chi connectivity index (χ3v) is 3.86. The Hall–Kier alpha value is -1.75. The number of carbonyl (C=O) groups is 1. The second-order valence-corrected chi connectivity index (χ2v) is 5.32. The lowest BCUT2D eigenvalue weighted by Crippen LogP contribution is -2.31. The van der Waals surface area contributed by atoms with Gasteiger partial charge < -0.3 is 4.90 Å². The summed E-state index contributed by atoms with van der Waals surface area (Å²) < 4.78 is 1.64. The normalized spacial score (nSPS) is 17.9. The Balaban J connectivity index is 1.80. The fourth-order valence-corrected chi connectivity index (χ4v) is 2.67. The molecule has 1 aliphatic heterocycles. The fraction of sp³-hybridized carbons (Fsp3) is 0.500. The van der Waals surface area contributed by atoms with Gasteiger partial charge in [-0.05, 0) is 51.0 Å². The van der Waals surface area contributed by atoms with Crippen LogP contribution in [0.1, 0.15) is 29.2 Å². The molecular weight excluding hydrogens is 240 g/mol. The van der Waals surface area contributed by atoms with E-state index in [0.717, 1.165) is 37.3 Å². The van der Waals surface area contributed by atoms with Crippen LogP contribution in [-0.4, -0.2) is 45.9 Å². The topological polar surface area (TPSA) is 50.5 Å². The average molecular weight is 258 g/mol. The summed E-state index contributed by atoms with van der Waals surface area (Å²) in [6, 6.07) is 5.49. The molecule has 0 aromatic carbocycles. The van der Waals surface area contributed by atoms with Crippen molar-refractivity contribution in [3.63, 3.8) is 0 Å². The van der Waals surface area contributed by atoms with Gasteiger partial charge in [-0.15, -0.1) is 0 Å². The molecule has 1 fully saturated rings. The summed E-state index contributed by atoms with van der Waals surface area (Å²) in [7, 11) is 2.16. The van der Waals surface area contributed by atoms with Crippen LogP contribution in [0.3, 0.4) is 0 Å². The van der Waals surface area contributed by atoms with Crippen LogP contribution in [0.25, 0.3) is 5.65 Å². The van der Waals surface area contributed by atoms with Crippen molar-refractivity contribution in [3.05, 3.63) is 29.7 Å². The van der Waals surface area contributed by atoms with Gasteiger partial charge >= 0.3 is 0 Å². The van der Waals surface area contributed by atoms with Crippen molar-refractivity contribution >= 4 is 11.9 Å². The van der Waals surface area contributed by atoms with E-state index in [0.29, 0.717) is 11.6 Å². The lowest BCUT2D eigenvalue weighted by Gasteiger charge is -2.28. The second-order valence-electron chi connectivity index (χ2n) is 5.32. The summed E-state index contributed by atoms with van der Waals surface area (Å²) in [4.78, 5) is 17.8. The Morgan fingerprint density at radius 3 is 2.89 bits per heavy atom. The molecule has 3 heterocycles. The van der Waals surface area contributed by atoms with Gasteiger partial charge in [0.25, 0.3) is 0 Å². The molecule has 0 radical (unpaired) electrons.